The van der Waals surface area contributed by atoms with Crippen LogP contribution in [-0.4, -0.2) is 30.3 Å². The van der Waals surface area contributed by atoms with Gasteiger partial charge in [0.1, 0.15) is 4.90 Å². The van der Waals surface area contributed by atoms with E-state index in [1.54, 1.807) is 10.4 Å². The summed E-state index contributed by atoms with van der Waals surface area (Å²) in [4.78, 5) is 4.11. The predicted molar refractivity (Wildman–Crippen MR) is 73.9 cm³/mol. The fourth-order valence-corrected chi connectivity index (χ4v) is 4.45. The summed E-state index contributed by atoms with van der Waals surface area (Å²) in [5.41, 5.74) is 2.35. The molecule has 1 aromatic heterocycles. The summed E-state index contributed by atoms with van der Waals surface area (Å²) in [6, 6.07) is 3.24. The fourth-order valence-electron chi connectivity index (χ4n) is 2.65. The van der Waals surface area contributed by atoms with Gasteiger partial charge in [0, 0.05) is 18.8 Å². The smallest absolute Gasteiger partial charge is 0.247 e. The maximum Gasteiger partial charge on any atom is 0.247 e. The average Bonchev–Trinajstić information content (AvgIpc) is 2.93. The van der Waals surface area contributed by atoms with Crippen molar-refractivity contribution in [2.24, 2.45) is 5.84 Å². The topological polar surface area (TPSA) is 88.3 Å². The van der Waals surface area contributed by atoms with E-state index in [0.29, 0.717) is 6.54 Å². The Morgan fingerprint density at radius 1 is 1.47 bits per heavy atom. The van der Waals surface area contributed by atoms with Crippen LogP contribution in [0.15, 0.2) is 23.2 Å². The summed E-state index contributed by atoms with van der Waals surface area (Å²) in [5, 5.41) is 0. The van der Waals surface area contributed by atoms with E-state index in [1.807, 2.05) is 6.92 Å². The lowest BCUT2D eigenvalue weighted by Gasteiger charge is -2.27. The van der Waals surface area contributed by atoms with Crippen molar-refractivity contribution in [1.29, 1.82) is 0 Å². The number of aromatic nitrogens is 1. The number of hydrogen-bond donors (Lipinski definition) is 2. The Morgan fingerprint density at radius 3 is 2.74 bits per heavy atom. The molecule has 1 saturated carbocycles. The van der Waals surface area contributed by atoms with Gasteiger partial charge in [-0.2, -0.15) is 4.31 Å². The highest BCUT2D eigenvalue weighted by Gasteiger charge is 2.33. The van der Waals surface area contributed by atoms with Gasteiger partial charge in [-0.05, 0) is 25.0 Å². The number of pyridine rings is 1. The van der Waals surface area contributed by atoms with Gasteiger partial charge in [0.25, 0.3) is 0 Å². The van der Waals surface area contributed by atoms with Crippen molar-refractivity contribution in [3.05, 3.63) is 18.3 Å². The number of hydrazine groups is 1. The molecule has 0 saturated heterocycles. The third kappa shape index (κ3) is 2.72. The molecule has 2 rings (SSSR count). The molecule has 0 radical (unpaired) electrons. The highest BCUT2D eigenvalue weighted by Crippen LogP contribution is 2.30. The Morgan fingerprint density at radius 2 is 2.16 bits per heavy atom. The SMILES string of the molecule is CCN(C1CCCC1)S(=O)(=O)c1cccnc1NN. The number of nitrogens with zero attached hydrogens (tertiary/aromatic N) is 2. The molecule has 1 aliphatic carbocycles. The van der Waals surface area contributed by atoms with E-state index in [-0.39, 0.29) is 16.8 Å². The van der Waals surface area contributed by atoms with E-state index < -0.39 is 10.0 Å². The van der Waals surface area contributed by atoms with Gasteiger partial charge in [-0.3, -0.25) is 0 Å². The first-order valence-corrected chi connectivity index (χ1v) is 7.98. The number of nitrogens with one attached hydrogen (secondary N) is 1. The van der Waals surface area contributed by atoms with E-state index >= 15 is 0 Å². The number of sulfonamides is 1. The van der Waals surface area contributed by atoms with Crippen LogP contribution in [0.25, 0.3) is 0 Å². The molecule has 1 heterocycles. The van der Waals surface area contributed by atoms with Crippen LogP contribution in [0.3, 0.4) is 0 Å². The van der Waals surface area contributed by atoms with E-state index in [4.69, 9.17) is 5.84 Å². The molecule has 106 valence electrons. The van der Waals surface area contributed by atoms with Gasteiger partial charge in [-0.1, -0.05) is 19.8 Å². The lowest BCUT2D eigenvalue weighted by atomic mass is 10.2. The summed E-state index contributed by atoms with van der Waals surface area (Å²) in [5.74, 6) is 5.54. The van der Waals surface area contributed by atoms with Crippen molar-refractivity contribution in [3.8, 4) is 0 Å². The molecule has 1 aromatic rings. The van der Waals surface area contributed by atoms with Crippen LogP contribution < -0.4 is 11.3 Å². The normalized spacial score (nSPS) is 17.0. The van der Waals surface area contributed by atoms with E-state index in [9.17, 15) is 8.42 Å². The zero-order chi connectivity index (χ0) is 13.9. The zero-order valence-electron chi connectivity index (χ0n) is 11.0. The van der Waals surface area contributed by atoms with Crippen LogP contribution in [0.2, 0.25) is 0 Å². The van der Waals surface area contributed by atoms with Crippen LogP contribution in [0.4, 0.5) is 5.82 Å². The molecule has 0 atom stereocenters. The molecule has 0 spiro atoms. The van der Waals surface area contributed by atoms with Crippen LogP contribution >= 0.6 is 0 Å². The Labute approximate surface area is 114 Å². The summed E-state index contributed by atoms with van der Waals surface area (Å²) < 4.78 is 27.0. The van der Waals surface area contributed by atoms with Gasteiger partial charge >= 0.3 is 0 Å². The van der Waals surface area contributed by atoms with Gasteiger partial charge in [0.2, 0.25) is 10.0 Å². The Hall–Kier alpha value is -1.18. The molecule has 0 amide bonds. The van der Waals surface area contributed by atoms with Crippen LogP contribution in [0, 0.1) is 0 Å². The second-order valence-corrected chi connectivity index (χ2v) is 6.50. The number of hydrogen-bond acceptors (Lipinski definition) is 5. The first kappa shape index (κ1) is 14.2. The largest absolute Gasteiger partial charge is 0.307 e. The average molecular weight is 284 g/mol. The standard InChI is InChI=1S/C12H20N4O2S/c1-2-16(10-6-3-4-7-10)19(17,18)11-8-5-9-14-12(11)15-13/h5,8-10H,2-4,6-7,13H2,1H3,(H,14,15). The minimum atomic E-state index is -3.55. The lowest BCUT2D eigenvalue weighted by molar-refractivity contribution is 0.335. The van der Waals surface area contributed by atoms with Crippen molar-refractivity contribution in [1.82, 2.24) is 9.29 Å². The Kier molecular flexibility index (Phi) is 4.38. The third-order valence-corrected chi connectivity index (χ3v) is 5.60. The minimum absolute atomic E-state index is 0.0980. The summed E-state index contributed by atoms with van der Waals surface area (Å²) in [7, 11) is -3.55. The van der Waals surface area contributed by atoms with Crippen LogP contribution in [0.1, 0.15) is 32.6 Å². The molecule has 0 aromatic carbocycles. The van der Waals surface area contributed by atoms with Gasteiger partial charge in [-0.15, -0.1) is 0 Å². The first-order valence-electron chi connectivity index (χ1n) is 6.54. The van der Waals surface area contributed by atoms with Gasteiger partial charge in [0.15, 0.2) is 5.82 Å². The molecular formula is C12H20N4O2S. The maximum absolute atomic E-state index is 12.7. The van der Waals surface area contributed by atoms with Crippen molar-refractivity contribution < 1.29 is 8.42 Å². The Bertz CT molecular complexity index is 526. The number of nitrogens with two attached hydrogens (primary N) is 1. The molecule has 3 N–H and O–H groups in total. The van der Waals surface area contributed by atoms with Gasteiger partial charge < -0.3 is 5.43 Å². The molecule has 0 unspecified atom stereocenters. The molecule has 6 nitrogen and oxygen atoms in total. The zero-order valence-corrected chi connectivity index (χ0v) is 11.9. The monoisotopic (exact) mass is 284 g/mol. The molecule has 1 fully saturated rings. The van der Waals surface area contributed by atoms with Crippen molar-refractivity contribution in [3.63, 3.8) is 0 Å². The predicted octanol–water partition coefficient (Wildman–Crippen LogP) is 1.32. The second kappa shape index (κ2) is 5.85. The molecular weight excluding hydrogens is 264 g/mol. The first-order chi connectivity index (χ1) is 9.11. The lowest BCUT2D eigenvalue weighted by Crippen LogP contribution is -2.39. The number of nitrogen functional groups attached to an aromatic ring is 1. The van der Waals surface area contributed by atoms with E-state index in [1.165, 1.54) is 12.3 Å². The molecule has 7 heteroatoms. The number of rotatable bonds is 5. The van der Waals surface area contributed by atoms with Crippen molar-refractivity contribution in [2.75, 3.05) is 12.0 Å². The van der Waals surface area contributed by atoms with Crippen molar-refractivity contribution >= 4 is 15.8 Å². The molecule has 1 aliphatic rings. The summed E-state index contributed by atoms with van der Waals surface area (Å²) >= 11 is 0. The van der Waals surface area contributed by atoms with Crippen LogP contribution in [-0.2, 0) is 10.0 Å². The van der Waals surface area contributed by atoms with Crippen LogP contribution in [0.5, 0.6) is 0 Å². The van der Waals surface area contributed by atoms with Gasteiger partial charge in [0.05, 0.1) is 0 Å². The maximum atomic E-state index is 12.7. The minimum Gasteiger partial charge on any atom is -0.307 e. The van der Waals surface area contributed by atoms with E-state index in [0.717, 1.165) is 25.7 Å². The third-order valence-electron chi connectivity index (χ3n) is 3.54. The molecule has 0 aliphatic heterocycles. The fraction of sp³-hybridized carbons (Fsp3) is 0.583. The number of anilines is 1. The van der Waals surface area contributed by atoms with Crippen molar-refractivity contribution in [2.45, 2.75) is 43.5 Å². The Balaban J connectivity index is 2.39. The van der Waals surface area contributed by atoms with Gasteiger partial charge in [-0.25, -0.2) is 19.2 Å². The quantitative estimate of drug-likeness (QED) is 0.629. The molecule has 19 heavy (non-hydrogen) atoms. The summed E-state index contributed by atoms with van der Waals surface area (Å²) in [6.45, 7) is 2.33. The summed E-state index contributed by atoms with van der Waals surface area (Å²) in [6.07, 6.45) is 5.55. The molecule has 0 bridgehead atoms. The highest BCUT2D eigenvalue weighted by atomic mass is 32.2. The second-order valence-electron chi connectivity index (χ2n) is 4.64. The van der Waals surface area contributed by atoms with E-state index in [2.05, 4.69) is 10.4 Å². The highest BCUT2D eigenvalue weighted by molar-refractivity contribution is 7.89.